The van der Waals surface area contributed by atoms with Crippen molar-refractivity contribution in [3.63, 3.8) is 0 Å². The number of rotatable bonds is 3. The van der Waals surface area contributed by atoms with E-state index in [1.165, 1.54) is 0 Å². The highest BCUT2D eigenvalue weighted by molar-refractivity contribution is 6.31. The molecular weight excluding hydrogens is 216 g/mol. The van der Waals surface area contributed by atoms with Gasteiger partial charge in [-0.3, -0.25) is 4.98 Å². The van der Waals surface area contributed by atoms with Crippen LogP contribution in [0.15, 0.2) is 18.5 Å². The van der Waals surface area contributed by atoms with Crippen LogP contribution in [0.5, 0.6) is 0 Å². The second-order valence-corrected chi connectivity index (χ2v) is 4.23. The highest BCUT2D eigenvalue weighted by Gasteiger charge is 2.23. The van der Waals surface area contributed by atoms with Gasteiger partial charge in [-0.05, 0) is 25.5 Å². The number of aromatic nitrogens is 1. The molecule has 0 atom stereocenters. The van der Waals surface area contributed by atoms with E-state index >= 15 is 0 Å². The van der Waals surface area contributed by atoms with Crippen LogP contribution in [0.3, 0.4) is 0 Å². The van der Waals surface area contributed by atoms with Gasteiger partial charge in [0.15, 0.2) is 0 Å². The highest BCUT2D eigenvalue weighted by atomic mass is 35.5. The summed E-state index contributed by atoms with van der Waals surface area (Å²) in [7, 11) is 0. The number of primary amides is 1. The standard InChI is InChI=1S/C10H13ClN2O2/c1-10(2,15-9(12)14)5-7-6-13-4-3-8(7)11/h3-4,6H,5H2,1-2H3,(H2,12,14). The minimum absolute atomic E-state index is 0.475. The number of carbonyl (C=O) groups is 1. The summed E-state index contributed by atoms with van der Waals surface area (Å²) < 4.78 is 4.95. The third-order valence-electron chi connectivity index (χ3n) is 1.84. The van der Waals surface area contributed by atoms with Crippen molar-refractivity contribution in [2.75, 3.05) is 0 Å². The minimum Gasteiger partial charge on any atom is -0.443 e. The number of nitrogens with zero attached hydrogens (tertiary/aromatic N) is 1. The molecule has 0 unspecified atom stereocenters. The topological polar surface area (TPSA) is 65.2 Å². The van der Waals surface area contributed by atoms with Crippen molar-refractivity contribution in [3.8, 4) is 0 Å². The summed E-state index contributed by atoms with van der Waals surface area (Å²) in [5.41, 5.74) is 5.10. The fourth-order valence-corrected chi connectivity index (χ4v) is 1.48. The molecule has 2 N–H and O–H groups in total. The molecule has 0 saturated carbocycles. The van der Waals surface area contributed by atoms with Crippen LogP contribution in [-0.2, 0) is 11.2 Å². The van der Waals surface area contributed by atoms with E-state index in [9.17, 15) is 4.79 Å². The van der Waals surface area contributed by atoms with Crippen molar-refractivity contribution in [2.45, 2.75) is 25.9 Å². The number of hydrogen-bond donors (Lipinski definition) is 1. The van der Waals surface area contributed by atoms with Gasteiger partial charge in [-0.1, -0.05) is 11.6 Å². The van der Waals surface area contributed by atoms with Gasteiger partial charge >= 0.3 is 6.09 Å². The summed E-state index contributed by atoms with van der Waals surface area (Å²) in [5.74, 6) is 0. The molecule has 1 amide bonds. The van der Waals surface area contributed by atoms with Crippen molar-refractivity contribution in [2.24, 2.45) is 5.73 Å². The molecule has 4 nitrogen and oxygen atoms in total. The number of ether oxygens (including phenoxy) is 1. The zero-order valence-electron chi connectivity index (χ0n) is 8.66. The van der Waals surface area contributed by atoms with Crippen molar-refractivity contribution in [1.82, 2.24) is 4.98 Å². The van der Waals surface area contributed by atoms with Crippen LogP contribution < -0.4 is 5.73 Å². The second-order valence-electron chi connectivity index (χ2n) is 3.82. The molecule has 1 heterocycles. The highest BCUT2D eigenvalue weighted by Crippen LogP contribution is 2.22. The van der Waals surface area contributed by atoms with Gasteiger partial charge in [0.2, 0.25) is 0 Å². The molecule has 0 bridgehead atoms. The molecule has 0 saturated heterocycles. The Morgan fingerprint density at radius 1 is 1.67 bits per heavy atom. The van der Waals surface area contributed by atoms with Gasteiger partial charge in [0, 0.05) is 23.8 Å². The van der Waals surface area contributed by atoms with Crippen LogP contribution in [0, 0.1) is 0 Å². The Kier molecular flexibility index (Phi) is 3.52. The lowest BCUT2D eigenvalue weighted by atomic mass is 10.00. The zero-order chi connectivity index (χ0) is 11.5. The Morgan fingerprint density at radius 3 is 2.87 bits per heavy atom. The summed E-state index contributed by atoms with van der Waals surface area (Å²) in [5, 5.41) is 0.603. The van der Waals surface area contributed by atoms with Crippen LogP contribution in [-0.4, -0.2) is 16.7 Å². The molecular formula is C10H13ClN2O2. The second kappa shape index (κ2) is 4.49. The lowest BCUT2D eigenvalue weighted by Crippen LogP contribution is -2.33. The molecule has 82 valence electrons. The van der Waals surface area contributed by atoms with Gasteiger partial charge in [0.05, 0.1) is 0 Å². The molecule has 0 aliphatic carbocycles. The van der Waals surface area contributed by atoms with Crippen LogP contribution in [0.25, 0.3) is 0 Å². The molecule has 1 aromatic rings. The summed E-state index contributed by atoms with van der Waals surface area (Å²) >= 11 is 5.96. The van der Waals surface area contributed by atoms with Gasteiger partial charge in [-0.2, -0.15) is 0 Å². The van der Waals surface area contributed by atoms with Crippen molar-refractivity contribution >= 4 is 17.7 Å². The third kappa shape index (κ3) is 3.75. The normalized spacial score (nSPS) is 11.1. The lowest BCUT2D eigenvalue weighted by Gasteiger charge is -2.24. The average Bonchev–Trinajstić information content (AvgIpc) is 2.06. The molecule has 0 aliphatic rings. The Labute approximate surface area is 93.4 Å². The molecule has 1 rings (SSSR count). The van der Waals surface area contributed by atoms with Crippen LogP contribution >= 0.6 is 11.6 Å². The van der Waals surface area contributed by atoms with E-state index in [1.807, 2.05) is 0 Å². The van der Waals surface area contributed by atoms with Crippen molar-refractivity contribution in [3.05, 3.63) is 29.0 Å². The molecule has 1 aromatic heterocycles. The van der Waals surface area contributed by atoms with Gasteiger partial charge in [-0.25, -0.2) is 4.79 Å². The molecule has 0 spiro atoms. The summed E-state index contributed by atoms with van der Waals surface area (Å²) in [6.45, 7) is 3.53. The molecule has 0 radical (unpaired) electrons. The maximum absolute atomic E-state index is 10.6. The predicted octanol–water partition coefficient (Wildman–Crippen LogP) is 2.15. The van der Waals surface area contributed by atoms with Crippen molar-refractivity contribution < 1.29 is 9.53 Å². The largest absolute Gasteiger partial charge is 0.443 e. The van der Waals surface area contributed by atoms with Crippen LogP contribution in [0.1, 0.15) is 19.4 Å². The first-order valence-corrected chi connectivity index (χ1v) is 4.85. The van der Waals surface area contributed by atoms with Crippen LogP contribution in [0.2, 0.25) is 5.02 Å². The lowest BCUT2D eigenvalue weighted by molar-refractivity contribution is 0.0460. The summed E-state index contributed by atoms with van der Waals surface area (Å²) in [4.78, 5) is 14.6. The number of nitrogens with two attached hydrogens (primary N) is 1. The van der Waals surface area contributed by atoms with Gasteiger partial charge < -0.3 is 10.5 Å². The average molecular weight is 229 g/mol. The summed E-state index contributed by atoms with van der Waals surface area (Å²) in [6.07, 6.45) is 2.94. The molecule has 0 aliphatic heterocycles. The smallest absolute Gasteiger partial charge is 0.405 e. The maximum atomic E-state index is 10.6. The Morgan fingerprint density at radius 2 is 2.33 bits per heavy atom. The Balaban J connectivity index is 2.77. The molecule has 0 fully saturated rings. The fraction of sp³-hybridized carbons (Fsp3) is 0.400. The molecule has 0 aromatic carbocycles. The number of pyridine rings is 1. The first-order valence-electron chi connectivity index (χ1n) is 4.47. The number of halogens is 1. The van der Waals surface area contributed by atoms with Gasteiger partial charge in [0.25, 0.3) is 0 Å². The van der Waals surface area contributed by atoms with Gasteiger partial charge in [-0.15, -0.1) is 0 Å². The predicted molar refractivity (Wildman–Crippen MR) is 57.7 cm³/mol. The van der Waals surface area contributed by atoms with E-state index < -0.39 is 11.7 Å². The van der Waals surface area contributed by atoms with E-state index in [-0.39, 0.29) is 0 Å². The number of amides is 1. The first kappa shape index (κ1) is 11.8. The van der Waals surface area contributed by atoms with E-state index in [0.717, 1.165) is 5.56 Å². The monoisotopic (exact) mass is 228 g/mol. The van der Waals surface area contributed by atoms with Crippen LogP contribution in [0.4, 0.5) is 4.79 Å². The molecule has 5 heteroatoms. The Bertz CT molecular complexity index is 366. The maximum Gasteiger partial charge on any atom is 0.405 e. The number of carbonyl (C=O) groups excluding carboxylic acids is 1. The minimum atomic E-state index is -0.792. The first-order chi connectivity index (χ1) is 6.91. The number of hydrogen-bond acceptors (Lipinski definition) is 3. The third-order valence-corrected chi connectivity index (χ3v) is 2.21. The van der Waals surface area contributed by atoms with E-state index in [4.69, 9.17) is 22.1 Å². The Hall–Kier alpha value is -1.29. The van der Waals surface area contributed by atoms with Crippen molar-refractivity contribution in [1.29, 1.82) is 0 Å². The van der Waals surface area contributed by atoms with Gasteiger partial charge in [0.1, 0.15) is 5.60 Å². The van der Waals surface area contributed by atoms with E-state index in [1.54, 1.807) is 32.3 Å². The van der Waals surface area contributed by atoms with E-state index in [0.29, 0.717) is 11.4 Å². The fourth-order valence-electron chi connectivity index (χ4n) is 1.31. The quantitative estimate of drug-likeness (QED) is 0.862. The van der Waals surface area contributed by atoms with E-state index in [2.05, 4.69) is 4.98 Å². The molecule has 15 heavy (non-hydrogen) atoms. The summed E-state index contributed by atoms with van der Waals surface area (Å²) in [6, 6.07) is 1.69. The SMILES string of the molecule is CC(C)(Cc1cnccc1Cl)OC(N)=O. The zero-order valence-corrected chi connectivity index (χ0v) is 9.41.